The summed E-state index contributed by atoms with van der Waals surface area (Å²) in [5.41, 5.74) is 4.42. The molecule has 104 valence electrons. The van der Waals surface area contributed by atoms with E-state index in [2.05, 4.69) is 34.8 Å². The number of hydrogen-bond acceptors (Lipinski definition) is 3. The zero-order valence-electron chi connectivity index (χ0n) is 11.5. The van der Waals surface area contributed by atoms with E-state index in [0.29, 0.717) is 0 Å². The Hall–Kier alpha value is -2.07. The molecule has 4 heteroatoms. The van der Waals surface area contributed by atoms with Gasteiger partial charge < -0.3 is 10.0 Å². The van der Waals surface area contributed by atoms with Gasteiger partial charge in [-0.1, -0.05) is 6.07 Å². The Morgan fingerprint density at radius 1 is 1.40 bits per heavy atom. The lowest BCUT2D eigenvalue weighted by molar-refractivity contribution is -0.131. The lowest BCUT2D eigenvalue weighted by Gasteiger charge is -2.19. The first kappa shape index (κ1) is 14.3. The molecule has 0 aliphatic carbocycles. The minimum atomic E-state index is -0.928. The predicted octanol–water partition coefficient (Wildman–Crippen LogP) is 3.79. The molecule has 1 heterocycles. The van der Waals surface area contributed by atoms with Crippen molar-refractivity contribution in [1.82, 2.24) is 0 Å². The molecule has 3 nitrogen and oxygen atoms in total. The van der Waals surface area contributed by atoms with E-state index in [-0.39, 0.29) is 0 Å². The second-order valence-electron chi connectivity index (χ2n) is 4.70. The third-order valence-corrected chi connectivity index (χ3v) is 3.83. The fourth-order valence-electron chi connectivity index (χ4n) is 1.99. The van der Waals surface area contributed by atoms with Gasteiger partial charge >= 0.3 is 5.97 Å². The third kappa shape index (κ3) is 3.71. The predicted molar refractivity (Wildman–Crippen MR) is 84.3 cm³/mol. The monoisotopic (exact) mass is 287 g/mol. The Balaban J connectivity index is 2.13. The van der Waals surface area contributed by atoms with Crippen LogP contribution >= 0.6 is 11.3 Å². The summed E-state index contributed by atoms with van der Waals surface area (Å²) in [6, 6.07) is 8.17. The van der Waals surface area contributed by atoms with Gasteiger partial charge in [0.25, 0.3) is 0 Å². The van der Waals surface area contributed by atoms with E-state index in [1.54, 1.807) is 17.4 Å². The van der Waals surface area contributed by atoms with Crippen LogP contribution in [-0.2, 0) is 11.3 Å². The average Bonchev–Trinajstić information content (AvgIpc) is 2.89. The minimum Gasteiger partial charge on any atom is -0.478 e. The standard InChI is InChI=1S/C16H17NO2S/c1-12-9-15(5-3-14(12)4-6-16(18)19)17(2)10-13-7-8-20-11-13/h3-9,11H,10H2,1-2H3,(H,18,19). The molecule has 0 fully saturated rings. The van der Waals surface area contributed by atoms with Crippen molar-refractivity contribution in [3.63, 3.8) is 0 Å². The summed E-state index contributed by atoms with van der Waals surface area (Å²) >= 11 is 1.70. The van der Waals surface area contributed by atoms with Crippen molar-refractivity contribution in [2.45, 2.75) is 13.5 Å². The number of nitrogens with zero attached hydrogens (tertiary/aromatic N) is 1. The maximum Gasteiger partial charge on any atom is 0.328 e. The molecule has 0 atom stereocenters. The van der Waals surface area contributed by atoms with Gasteiger partial charge in [-0.3, -0.25) is 0 Å². The van der Waals surface area contributed by atoms with Crippen LogP contribution in [0, 0.1) is 6.92 Å². The molecule has 1 N–H and O–H groups in total. The molecule has 1 aromatic heterocycles. The van der Waals surface area contributed by atoms with Crippen LogP contribution in [0.2, 0.25) is 0 Å². The molecule has 0 spiro atoms. The fraction of sp³-hybridized carbons (Fsp3) is 0.188. The Morgan fingerprint density at radius 3 is 2.80 bits per heavy atom. The van der Waals surface area contributed by atoms with Crippen LogP contribution in [-0.4, -0.2) is 18.1 Å². The van der Waals surface area contributed by atoms with Crippen molar-refractivity contribution in [2.24, 2.45) is 0 Å². The summed E-state index contributed by atoms with van der Waals surface area (Å²) in [4.78, 5) is 12.7. The first-order chi connectivity index (χ1) is 9.56. The summed E-state index contributed by atoms with van der Waals surface area (Å²) in [5.74, 6) is -0.928. The molecular formula is C16H17NO2S. The largest absolute Gasteiger partial charge is 0.478 e. The first-order valence-electron chi connectivity index (χ1n) is 6.30. The fourth-order valence-corrected chi connectivity index (χ4v) is 2.65. The molecule has 0 amide bonds. The molecule has 0 aliphatic rings. The molecule has 0 bridgehead atoms. The van der Waals surface area contributed by atoms with Crippen LogP contribution in [0.3, 0.4) is 0 Å². The second kappa shape index (κ2) is 6.39. The van der Waals surface area contributed by atoms with Crippen LogP contribution in [0.25, 0.3) is 6.08 Å². The second-order valence-corrected chi connectivity index (χ2v) is 5.48. The van der Waals surface area contributed by atoms with Gasteiger partial charge in [-0.2, -0.15) is 11.3 Å². The molecule has 0 saturated heterocycles. The van der Waals surface area contributed by atoms with Crippen molar-refractivity contribution in [2.75, 3.05) is 11.9 Å². The lowest BCUT2D eigenvalue weighted by atomic mass is 10.1. The van der Waals surface area contributed by atoms with Gasteiger partial charge in [0.2, 0.25) is 0 Å². The summed E-state index contributed by atoms with van der Waals surface area (Å²) in [5, 5.41) is 12.9. The number of hydrogen-bond donors (Lipinski definition) is 1. The van der Waals surface area contributed by atoms with E-state index in [1.165, 1.54) is 5.56 Å². The van der Waals surface area contributed by atoms with E-state index in [4.69, 9.17) is 5.11 Å². The van der Waals surface area contributed by atoms with E-state index in [0.717, 1.165) is 29.4 Å². The Morgan fingerprint density at radius 2 is 2.20 bits per heavy atom. The minimum absolute atomic E-state index is 0.868. The van der Waals surface area contributed by atoms with E-state index in [9.17, 15) is 4.79 Å². The van der Waals surface area contributed by atoms with Crippen LogP contribution in [0.5, 0.6) is 0 Å². The van der Waals surface area contributed by atoms with Crippen molar-refractivity contribution < 1.29 is 9.90 Å². The average molecular weight is 287 g/mol. The zero-order chi connectivity index (χ0) is 14.5. The molecular weight excluding hydrogens is 270 g/mol. The highest BCUT2D eigenvalue weighted by molar-refractivity contribution is 7.07. The van der Waals surface area contributed by atoms with Gasteiger partial charge in [-0.05, 0) is 58.6 Å². The normalized spacial score (nSPS) is 10.9. The third-order valence-electron chi connectivity index (χ3n) is 3.10. The van der Waals surface area contributed by atoms with E-state index in [1.807, 2.05) is 19.1 Å². The van der Waals surface area contributed by atoms with Crippen LogP contribution < -0.4 is 4.90 Å². The van der Waals surface area contributed by atoms with Crippen LogP contribution in [0.1, 0.15) is 16.7 Å². The van der Waals surface area contributed by atoms with Gasteiger partial charge in [-0.25, -0.2) is 4.79 Å². The number of aliphatic carboxylic acids is 1. The number of carboxylic acid groups (broad SMARTS) is 1. The van der Waals surface area contributed by atoms with E-state index < -0.39 is 5.97 Å². The summed E-state index contributed by atoms with van der Waals surface area (Å²) in [7, 11) is 2.05. The number of benzene rings is 1. The number of aryl methyl sites for hydroxylation is 1. The van der Waals surface area contributed by atoms with Crippen molar-refractivity contribution in [1.29, 1.82) is 0 Å². The lowest BCUT2D eigenvalue weighted by Crippen LogP contribution is -2.15. The SMILES string of the molecule is Cc1cc(N(C)Cc2ccsc2)ccc1C=CC(=O)O. The highest BCUT2D eigenvalue weighted by Crippen LogP contribution is 2.21. The maximum absolute atomic E-state index is 10.5. The van der Waals surface area contributed by atoms with Crippen LogP contribution in [0.4, 0.5) is 5.69 Å². The Labute approximate surface area is 122 Å². The molecule has 20 heavy (non-hydrogen) atoms. The van der Waals surface area contributed by atoms with Gasteiger partial charge in [0.15, 0.2) is 0 Å². The smallest absolute Gasteiger partial charge is 0.328 e. The van der Waals surface area contributed by atoms with Crippen molar-refractivity contribution in [3.8, 4) is 0 Å². The number of carbonyl (C=O) groups is 1. The van der Waals surface area contributed by atoms with Crippen molar-refractivity contribution in [3.05, 3.63) is 57.8 Å². The summed E-state index contributed by atoms with van der Waals surface area (Å²) in [6.07, 6.45) is 2.79. The first-order valence-corrected chi connectivity index (χ1v) is 7.24. The Bertz CT molecular complexity index is 617. The molecule has 0 unspecified atom stereocenters. The molecule has 2 rings (SSSR count). The maximum atomic E-state index is 10.5. The zero-order valence-corrected chi connectivity index (χ0v) is 12.4. The van der Waals surface area contributed by atoms with Gasteiger partial charge in [0, 0.05) is 25.4 Å². The molecule has 2 aromatic rings. The van der Waals surface area contributed by atoms with Crippen LogP contribution in [0.15, 0.2) is 41.1 Å². The molecule has 0 saturated carbocycles. The van der Waals surface area contributed by atoms with Gasteiger partial charge in [-0.15, -0.1) is 0 Å². The number of rotatable bonds is 5. The number of thiophene rings is 1. The van der Waals surface area contributed by atoms with Crippen molar-refractivity contribution >= 4 is 29.1 Å². The molecule has 0 aliphatic heterocycles. The van der Waals surface area contributed by atoms with Gasteiger partial charge in [0.05, 0.1) is 0 Å². The van der Waals surface area contributed by atoms with E-state index >= 15 is 0 Å². The highest BCUT2D eigenvalue weighted by atomic mass is 32.1. The number of carboxylic acids is 1. The summed E-state index contributed by atoms with van der Waals surface area (Å²) in [6.45, 7) is 2.86. The Kier molecular flexibility index (Phi) is 4.58. The van der Waals surface area contributed by atoms with Gasteiger partial charge in [0.1, 0.15) is 0 Å². The summed E-state index contributed by atoms with van der Waals surface area (Å²) < 4.78 is 0. The molecule has 0 radical (unpaired) electrons. The number of anilines is 1. The topological polar surface area (TPSA) is 40.5 Å². The highest BCUT2D eigenvalue weighted by Gasteiger charge is 2.04. The molecule has 1 aromatic carbocycles. The quantitative estimate of drug-likeness (QED) is 0.851.